The zero-order chi connectivity index (χ0) is 9.26. The molecule has 4 heteroatoms. The van der Waals surface area contributed by atoms with Gasteiger partial charge >= 0.3 is 0 Å². The molecule has 0 aliphatic heterocycles. The Morgan fingerprint density at radius 1 is 1.54 bits per heavy atom. The molecule has 13 heavy (non-hydrogen) atoms. The van der Waals surface area contributed by atoms with Crippen molar-refractivity contribution in [1.82, 2.24) is 5.16 Å². The smallest absolute Gasteiger partial charge is 0.170 e. The standard InChI is InChI=1S/C9H6N2O2/c1-12-9-6(4-10)2-3-8-7(9)5-11-13-8/h2-3,5H,1H3. The van der Waals surface area contributed by atoms with E-state index in [-0.39, 0.29) is 0 Å². The van der Waals surface area contributed by atoms with Crippen LogP contribution < -0.4 is 4.74 Å². The summed E-state index contributed by atoms with van der Waals surface area (Å²) in [6.07, 6.45) is 1.54. The van der Waals surface area contributed by atoms with Crippen molar-refractivity contribution in [1.29, 1.82) is 5.26 Å². The molecule has 2 rings (SSSR count). The van der Waals surface area contributed by atoms with E-state index in [1.54, 1.807) is 12.1 Å². The van der Waals surface area contributed by atoms with Gasteiger partial charge in [0.2, 0.25) is 0 Å². The number of rotatable bonds is 1. The maximum absolute atomic E-state index is 8.77. The van der Waals surface area contributed by atoms with Gasteiger partial charge in [-0.1, -0.05) is 5.16 Å². The van der Waals surface area contributed by atoms with Crippen molar-refractivity contribution in [3.63, 3.8) is 0 Å². The predicted octanol–water partition coefficient (Wildman–Crippen LogP) is 1.71. The van der Waals surface area contributed by atoms with Crippen LogP contribution in [0.2, 0.25) is 0 Å². The van der Waals surface area contributed by atoms with Crippen LogP contribution in [0.3, 0.4) is 0 Å². The Balaban J connectivity index is 2.84. The van der Waals surface area contributed by atoms with Gasteiger partial charge < -0.3 is 9.26 Å². The highest BCUT2D eigenvalue weighted by molar-refractivity contribution is 5.85. The molecule has 1 aromatic carbocycles. The van der Waals surface area contributed by atoms with Gasteiger partial charge in [-0.15, -0.1) is 0 Å². The van der Waals surface area contributed by atoms with Gasteiger partial charge in [-0.25, -0.2) is 0 Å². The molecule has 1 heterocycles. The molecule has 0 amide bonds. The van der Waals surface area contributed by atoms with Crippen LogP contribution in [0.1, 0.15) is 5.56 Å². The van der Waals surface area contributed by atoms with Gasteiger partial charge in [0.25, 0.3) is 0 Å². The minimum absolute atomic E-state index is 0.484. The highest BCUT2D eigenvalue weighted by Gasteiger charge is 2.09. The Morgan fingerprint density at radius 2 is 2.38 bits per heavy atom. The first kappa shape index (κ1) is 7.62. The number of aromatic nitrogens is 1. The number of hydrogen-bond donors (Lipinski definition) is 0. The van der Waals surface area contributed by atoms with E-state index < -0.39 is 0 Å². The van der Waals surface area contributed by atoms with Crippen molar-refractivity contribution >= 4 is 11.0 Å². The fraction of sp³-hybridized carbons (Fsp3) is 0.111. The zero-order valence-corrected chi connectivity index (χ0v) is 6.94. The largest absolute Gasteiger partial charge is 0.495 e. The maximum atomic E-state index is 8.77. The van der Waals surface area contributed by atoms with Gasteiger partial charge in [-0.05, 0) is 12.1 Å². The van der Waals surface area contributed by atoms with Gasteiger partial charge in [-0.2, -0.15) is 5.26 Å². The summed E-state index contributed by atoms with van der Waals surface area (Å²) >= 11 is 0. The van der Waals surface area contributed by atoms with Crippen molar-refractivity contribution in [2.45, 2.75) is 0 Å². The fourth-order valence-corrected chi connectivity index (χ4v) is 1.23. The van der Waals surface area contributed by atoms with Crippen molar-refractivity contribution in [2.24, 2.45) is 0 Å². The first-order valence-electron chi connectivity index (χ1n) is 3.68. The average molecular weight is 174 g/mol. The summed E-state index contributed by atoms with van der Waals surface area (Å²) in [4.78, 5) is 0. The van der Waals surface area contributed by atoms with Gasteiger partial charge in [-0.3, -0.25) is 0 Å². The van der Waals surface area contributed by atoms with E-state index in [4.69, 9.17) is 14.5 Å². The first-order valence-corrected chi connectivity index (χ1v) is 3.68. The minimum atomic E-state index is 0.484. The van der Waals surface area contributed by atoms with Crippen LogP contribution in [0.15, 0.2) is 22.9 Å². The molecule has 1 aromatic heterocycles. The molecule has 0 bridgehead atoms. The van der Waals surface area contributed by atoms with Gasteiger partial charge in [0.05, 0.1) is 24.3 Å². The number of nitrogens with zero attached hydrogens (tertiary/aromatic N) is 2. The van der Waals surface area contributed by atoms with Gasteiger partial charge in [0.1, 0.15) is 11.8 Å². The van der Waals surface area contributed by atoms with Crippen molar-refractivity contribution < 1.29 is 9.26 Å². The lowest BCUT2D eigenvalue weighted by Gasteiger charge is -2.01. The molecule has 64 valence electrons. The molecule has 0 saturated carbocycles. The maximum Gasteiger partial charge on any atom is 0.170 e. The van der Waals surface area contributed by atoms with Crippen molar-refractivity contribution in [3.8, 4) is 11.8 Å². The quantitative estimate of drug-likeness (QED) is 0.660. The molecular weight excluding hydrogens is 168 g/mol. The monoisotopic (exact) mass is 174 g/mol. The second-order valence-electron chi connectivity index (χ2n) is 2.50. The highest BCUT2D eigenvalue weighted by Crippen LogP contribution is 2.28. The molecule has 2 aromatic rings. The Kier molecular flexibility index (Phi) is 1.64. The molecule has 0 fully saturated rings. The molecular formula is C9H6N2O2. The second kappa shape index (κ2) is 2.79. The van der Waals surface area contributed by atoms with E-state index in [0.717, 1.165) is 5.39 Å². The van der Waals surface area contributed by atoms with Gasteiger partial charge in [0.15, 0.2) is 5.58 Å². The van der Waals surface area contributed by atoms with Crippen molar-refractivity contribution in [3.05, 3.63) is 23.9 Å². The molecule has 0 aliphatic carbocycles. The summed E-state index contributed by atoms with van der Waals surface area (Å²) in [5.41, 5.74) is 1.11. The van der Waals surface area contributed by atoms with Gasteiger partial charge in [0, 0.05) is 0 Å². The van der Waals surface area contributed by atoms with Crippen LogP contribution in [-0.4, -0.2) is 12.3 Å². The molecule has 4 nitrogen and oxygen atoms in total. The molecule has 0 N–H and O–H groups in total. The van der Waals surface area contributed by atoms with Crippen LogP contribution >= 0.6 is 0 Å². The van der Waals surface area contributed by atoms with E-state index in [2.05, 4.69) is 5.16 Å². The molecule has 0 radical (unpaired) electrons. The number of hydrogen-bond acceptors (Lipinski definition) is 4. The Bertz CT molecular complexity index is 482. The lowest BCUT2D eigenvalue weighted by atomic mass is 10.1. The van der Waals surface area contributed by atoms with Crippen LogP contribution in [0, 0.1) is 11.3 Å². The molecule has 0 unspecified atom stereocenters. The van der Waals surface area contributed by atoms with Crippen LogP contribution in [0.4, 0.5) is 0 Å². The number of benzene rings is 1. The normalized spacial score (nSPS) is 9.85. The zero-order valence-electron chi connectivity index (χ0n) is 6.94. The van der Waals surface area contributed by atoms with E-state index in [9.17, 15) is 0 Å². The van der Waals surface area contributed by atoms with E-state index in [1.165, 1.54) is 13.3 Å². The fourth-order valence-electron chi connectivity index (χ4n) is 1.23. The number of nitriles is 1. The third-order valence-electron chi connectivity index (χ3n) is 1.81. The Labute approximate surface area is 74.3 Å². The molecule has 0 spiro atoms. The lowest BCUT2D eigenvalue weighted by Crippen LogP contribution is -1.87. The average Bonchev–Trinajstić information content (AvgIpc) is 2.63. The SMILES string of the molecule is COc1c(C#N)ccc2oncc12. The summed E-state index contributed by atoms with van der Waals surface area (Å²) in [6.45, 7) is 0. The second-order valence-corrected chi connectivity index (χ2v) is 2.50. The first-order chi connectivity index (χ1) is 6.36. The van der Waals surface area contributed by atoms with Crippen LogP contribution in [0.5, 0.6) is 5.75 Å². The number of ether oxygens (including phenoxy) is 1. The van der Waals surface area contributed by atoms with Crippen LogP contribution in [-0.2, 0) is 0 Å². The minimum Gasteiger partial charge on any atom is -0.495 e. The topological polar surface area (TPSA) is 59.0 Å². The molecule has 0 saturated heterocycles. The summed E-state index contributed by atoms with van der Waals surface area (Å²) in [5, 5.41) is 13.1. The third kappa shape index (κ3) is 1.02. The lowest BCUT2D eigenvalue weighted by molar-refractivity contribution is 0.418. The summed E-state index contributed by atoms with van der Waals surface area (Å²) in [5.74, 6) is 0.515. The van der Waals surface area contributed by atoms with Crippen LogP contribution in [0.25, 0.3) is 11.0 Å². The number of methoxy groups -OCH3 is 1. The Morgan fingerprint density at radius 3 is 3.08 bits per heavy atom. The summed E-state index contributed by atoms with van der Waals surface area (Å²) in [7, 11) is 1.52. The molecule has 0 aliphatic rings. The van der Waals surface area contributed by atoms with E-state index in [0.29, 0.717) is 16.9 Å². The molecule has 0 atom stereocenters. The Hall–Kier alpha value is -2.02. The predicted molar refractivity (Wildman–Crippen MR) is 45.3 cm³/mol. The van der Waals surface area contributed by atoms with E-state index >= 15 is 0 Å². The van der Waals surface area contributed by atoms with Crippen molar-refractivity contribution in [2.75, 3.05) is 7.11 Å². The highest BCUT2D eigenvalue weighted by atomic mass is 16.5. The van der Waals surface area contributed by atoms with E-state index in [1.807, 2.05) is 6.07 Å². The summed E-state index contributed by atoms with van der Waals surface area (Å²) < 4.78 is 10.0. The number of fused-ring (bicyclic) bond motifs is 1. The summed E-state index contributed by atoms with van der Waals surface area (Å²) in [6, 6.07) is 5.38. The third-order valence-corrected chi connectivity index (χ3v) is 1.81.